The molecule has 0 amide bonds. The first-order valence-corrected chi connectivity index (χ1v) is 8.23. The first-order valence-electron chi connectivity index (χ1n) is 6.60. The Morgan fingerprint density at radius 3 is 2.48 bits per heavy atom. The lowest BCUT2D eigenvalue weighted by molar-refractivity contribution is 0.0697. The molecule has 3 aromatic rings. The first-order chi connectivity index (χ1) is 11.1. The Kier molecular flexibility index (Phi) is 4.59. The third kappa shape index (κ3) is 3.88. The largest absolute Gasteiger partial charge is 0.478 e. The van der Waals surface area contributed by atoms with E-state index >= 15 is 0 Å². The van der Waals surface area contributed by atoms with Crippen LogP contribution in [0.5, 0.6) is 0 Å². The van der Waals surface area contributed by atoms with Gasteiger partial charge in [0.05, 0.1) is 11.8 Å². The van der Waals surface area contributed by atoms with Crippen LogP contribution in [0, 0.1) is 5.82 Å². The van der Waals surface area contributed by atoms with E-state index in [1.165, 1.54) is 35.4 Å². The van der Waals surface area contributed by atoms with Crippen molar-refractivity contribution >= 4 is 34.9 Å². The van der Waals surface area contributed by atoms with Crippen molar-refractivity contribution in [3.8, 4) is 10.6 Å². The second kappa shape index (κ2) is 6.80. The Hall–Kier alpha value is -2.38. The standard InChI is InChI=1S/C16H11FN2O2S2/c17-12-5-1-10(2-6-12)15-18-9-14(22-15)23-19-13-7-3-11(4-8-13)16(20)21/h1-9,19H,(H,20,21). The van der Waals surface area contributed by atoms with Gasteiger partial charge in [-0.15, -0.1) is 11.3 Å². The van der Waals surface area contributed by atoms with Gasteiger partial charge in [0, 0.05) is 11.3 Å². The number of nitrogens with one attached hydrogen (secondary N) is 1. The summed E-state index contributed by atoms with van der Waals surface area (Å²) in [7, 11) is 0. The van der Waals surface area contributed by atoms with Gasteiger partial charge in [-0.3, -0.25) is 0 Å². The van der Waals surface area contributed by atoms with Gasteiger partial charge in [0.1, 0.15) is 15.0 Å². The predicted octanol–water partition coefficient (Wildman–Crippen LogP) is 4.77. The second-order valence-electron chi connectivity index (χ2n) is 4.58. The quantitative estimate of drug-likeness (QED) is 0.652. The third-order valence-corrected chi connectivity index (χ3v) is 4.96. The zero-order valence-corrected chi connectivity index (χ0v) is 13.3. The minimum atomic E-state index is -0.949. The van der Waals surface area contributed by atoms with E-state index in [0.717, 1.165) is 20.5 Å². The number of anilines is 1. The molecule has 23 heavy (non-hydrogen) atoms. The molecule has 0 unspecified atom stereocenters. The number of halogens is 1. The third-order valence-electron chi connectivity index (χ3n) is 2.98. The Bertz CT molecular complexity index is 817. The molecule has 2 N–H and O–H groups in total. The van der Waals surface area contributed by atoms with Gasteiger partial charge in [-0.2, -0.15) is 0 Å². The Morgan fingerprint density at radius 1 is 1.13 bits per heavy atom. The molecule has 0 atom stereocenters. The van der Waals surface area contributed by atoms with Gasteiger partial charge >= 0.3 is 5.97 Å². The van der Waals surface area contributed by atoms with Crippen molar-refractivity contribution in [2.45, 2.75) is 4.21 Å². The van der Waals surface area contributed by atoms with Crippen LogP contribution in [0.3, 0.4) is 0 Å². The fourth-order valence-corrected chi connectivity index (χ4v) is 3.47. The van der Waals surface area contributed by atoms with Crippen molar-refractivity contribution in [1.82, 2.24) is 4.98 Å². The first kappa shape index (κ1) is 15.5. The van der Waals surface area contributed by atoms with Crippen LogP contribution in [0.25, 0.3) is 10.6 Å². The van der Waals surface area contributed by atoms with Crippen LogP contribution in [-0.2, 0) is 0 Å². The Morgan fingerprint density at radius 2 is 1.83 bits per heavy atom. The molecule has 0 saturated carbocycles. The highest BCUT2D eigenvalue weighted by Crippen LogP contribution is 2.32. The number of nitrogens with zero attached hydrogens (tertiary/aromatic N) is 1. The number of aromatic nitrogens is 1. The number of thiazole rings is 1. The molecule has 0 aliphatic heterocycles. The van der Waals surface area contributed by atoms with E-state index in [1.54, 1.807) is 42.6 Å². The molecule has 0 fully saturated rings. The fourth-order valence-electron chi connectivity index (χ4n) is 1.82. The molecule has 116 valence electrons. The van der Waals surface area contributed by atoms with E-state index in [1.807, 2.05) is 0 Å². The summed E-state index contributed by atoms with van der Waals surface area (Å²) in [6.45, 7) is 0. The summed E-state index contributed by atoms with van der Waals surface area (Å²) in [5, 5.41) is 9.67. The van der Waals surface area contributed by atoms with E-state index < -0.39 is 5.97 Å². The van der Waals surface area contributed by atoms with Gasteiger partial charge in [-0.25, -0.2) is 14.2 Å². The van der Waals surface area contributed by atoms with Crippen LogP contribution in [-0.4, -0.2) is 16.1 Å². The molecule has 0 bridgehead atoms. The maximum atomic E-state index is 12.9. The number of aromatic carboxylic acids is 1. The summed E-state index contributed by atoms with van der Waals surface area (Å²) < 4.78 is 17.0. The minimum absolute atomic E-state index is 0.247. The zero-order chi connectivity index (χ0) is 16.2. The van der Waals surface area contributed by atoms with Crippen LogP contribution in [0.4, 0.5) is 10.1 Å². The average Bonchev–Trinajstić information content (AvgIpc) is 3.03. The van der Waals surface area contributed by atoms with E-state index in [-0.39, 0.29) is 11.4 Å². The maximum Gasteiger partial charge on any atom is 0.335 e. The van der Waals surface area contributed by atoms with Crippen molar-refractivity contribution in [3.05, 3.63) is 66.1 Å². The van der Waals surface area contributed by atoms with Crippen molar-refractivity contribution in [2.75, 3.05) is 4.72 Å². The van der Waals surface area contributed by atoms with Gasteiger partial charge in [0.15, 0.2) is 0 Å². The molecule has 0 radical (unpaired) electrons. The number of hydrogen-bond acceptors (Lipinski definition) is 5. The Balaban J connectivity index is 1.65. The van der Waals surface area contributed by atoms with Crippen LogP contribution in [0.15, 0.2) is 58.9 Å². The van der Waals surface area contributed by atoms with Gasteiger partial charge in [-0.1, -0.05) is 0 Å². The fraction of sp³-hybridized carbons (Fsp3) is 0. The Labute approximate surface area is 140 Å². The molecule has 0 aliphatic carbocycles. The highest BCUT2D eigenvalue weighted by Gasteiger charge is 2.06. The summed E-state index contributed by atoms with van der Waals surface area (Å²) in [6.07, 6.45) is 1.74. The van der Waals surface area contributed by atoms with Crippen molar-refractivity contribution in [2.24, 2.45) is 0 Å². The summed E-state index contributed by atoms with van der Waals surface area (Å²) in [5.41, 5.74) is 1.92. The average molecular weight is 346 g/mol. The summed E-state index contributed by atoms with van der Waals surface area (Å²) >= 11 is 2.88. The molecular weight excluding hydrogens is 335 g/mol. The van der Waals surface area contributed by atoms with E-state index in [2.05, 4.69) is 9.71 Å². The maximum absolute atomic E-state index is 12.9. The van der Waals surface area contributed by atoms with Crippen molar-refractivity contribution in [3.63, 3.8) is 0 Å². The lowest BCUT2D eigenvalue weighted by atomic mass is 10.2. The molecule has 1 aromatic heterocycles. The number of carboxylic acids is 1. The molecule has 7 heteroatoms. The van der Waals surface area contributed by atoms with Gasteiger partial charge in [0.2, 0.25) is 0 Å². The van der Waals surface area contributed by atoms with E-state index in [4.69, 9.17) is 5.11 Å². The summed E-state index contributed by atoms with van der Waals surface area (Å²) in [4.78, 5) is 15.1. The van der Waals surface area contributed by atoms with Gasteiger partial charge in [0.25, 0.3) is 0 Å². The SMILES string of the molecule is O=C(O)c1ccc(NSc2cnc(-c3ccc(F)cc3)s2)cc1. The predicted molar refractivity (Wildman–Crippen MR) is 90.4 cm³/mol. The van der Waals surface area contributed by atoms with Crippen LogP contribution >= 0.6 is 23.3 Å². The van der Waals surface area contributed by atoms with Gasteiger partial charge < -0.3 is 9.83 Å². The normalized spacial score (nSPS) is 10.5. The molecule has 0 saturated heterocycles. The number of carbonyl (C=O) groups is 1. The number of benzene rings is 2. The molecular formula is C16H11FN2O2S2. The lowest BCUT2D eigenvalue weighted by Gasteiger charge is -2.03. The van der Waals surface area contributed by atoms with Gasteiger partial charge in [-0.05, 0) is 60.5 Å². The molecule has 3 rings (SSSR count). The molecule has 2 aromatic carbocycles. The highest BCUT2D eigenvalue weighted by atomic mass is 32.2. The van der Waals surface area contributed by atoms with Crippen LogP contribution in [0.2, 0.25) is 0 Å². The van der Waals surface area contributed by atoms with Crippen molar-refractivity contribution < 1.29 is 14.3 Å². The zero-order valence-electron chi connectivity index (χ0n) is 11.7. The summed E-state index contributed by atoms with van der Waals surface area (Å²) in [5.74, 6) is -1.22. The smallest absolute Gasteiger partial charge is 0.335 e. The minimum Gasteiger partial charge on any atom is -0.478 e. The summed E-state index contributed by atoms with van der Waals surface area (Å²) in [6, 6.07) is 12.7. The van der Waals surface area contributed by atoms with Crippen LogP contribution < -0.4 is 4.72 Å². The molecule has 1 heterocycles. The topological polar surface area (TPSA) is 62.2 Å². The highest BCUT2D eigenvalue weighted by molar-refractivity contribution is 8.02. The molecule has 4 nitrogen and oxygen atoms in total. The number of rotatable bonds is 5. The van der Waals surface area contributed by atoms with Crippen LogP contribution in [0.1, 0.15) is 10.4 Å². The molecule has 0 spiro atoms. The monoisotopic (exact) mass is 346 g/mol. The van der Waals surface area contributed by atoms with E-state index in [0.29, 0.717) is 0 Å². The van der Waals surface area contributed by atoms with Crippen molar-refractivity contribution in [1.29, 1.82) is 0 Å². The van der Waals surface area contributed by atoms with E-state index in [9.17, 15) is 9.18 Å². The number of carboxylic acid groups (broad SMARTS) is 1. The second-order valence-corrected chi connectivity index (χ2v) is 6.72. The molecule has 0 aliphatic rings. The number of hydrogen-bond donors (Lipinski definition) is 2. The lowest BCUT2D eigenvalue weighted by Crippen LogP contribution is -1.95.